The van der Waals surface area contributed by atoms with Gasteiger partial charge in [-0.3, -0.25) is 4.90 Å². The van der Waals surface area contributed by atoms with Gasteiger partial charge in [-0.05, 0) is 19.1 Å². The van der Waals surface area contributed by atoms with E-state index in [1.54, 1.807) is 0 Å². The minimum absolute atomic E-state index is 0.263. The van der Waals surface area contributed by atoms with Crippen LogP contribution in [0, 0.1) is 0 Å². The Kier molecular flexibility index (Phi) is 3.86. The third kappa shape index (κ3) is 2.55. The van der Waals surface area contributed by atoms with E-state index in [1.165, 1.54) is 12.2 Å². The average Bonchev–Trinajstić information content (AvgIpc) is 3.09. The Labute approximate surface area is 112 Å². The first-order valence-electron chi connectivity index (χ1n) is 6.70. The number of rotatable bonds is 3. The van der Waals surface area contributed by atoms with Crippen LogP contribution in [0.1, 0.15) is 37.0 Å². The Balaban J connectivity index is 1.67. The number of thioether (sulfide) groups is 1. The molecule has 0 aliphatic carbocycles. The van der Waals surface area contributed by atoms with E-state index in [2.05, 4.69) is 27.3 Å². The molecule has 0 aromatic carbocycles. The summed E-state index contributed by atoms with van der Waals surface area (Å²) in [6, 6.07) is 0.263. The van der Waals surface area contributed by atoms with Crippen LogP contribution in [0.2, 0.25) is 0 Å². The number of piperazine rings is 1. The van der Waals surface area contributed by atoms with Gasteiger partial charge in [0, 0.05) is 37.8 Å². The molecule has 2 aliphatic rings. The first-order valence-corrected chi connectivity index (χ1v) is 7.86. The van der Waals surface area contributed by atoms with Gasteiger partial charge in [0.25, 0.3) is 0 Å². The number of nitrogens with zero attached hydrogens (tertiary/aromatic N) is 3. The van der Waals surface area contributed by atoms with Gasteiger partial charge in [0.15, 0.2) is 5.82 Å². The third-order valence-electron chi connectivity index (χ3n) is 3.81. The zero-order chi connectivity index (χ0) is 12.4. The van der Waals surface area contributed by atoms with Gasteiger partial charge in [0.2, 0.25) is 5.89 Å². The van der Waals surface area contributed by atoms with Crippen molar-refractivity contribution >= 4 is 11.8 Å². The van der Waals surface area contributed by atoms with Crippen LogP contribution in [-0.2, 0) is 0 Å². The maximum atomic E-state index is 5.44. The largest absolute Gasteiger partial charge is 0.339 e. The lowest BCUT2D eigenvalue weighted by molar-refractivity contribution is 0.176. The van der Waals surface area contributed by atoms with E-state index in [-0.39, 0.29) is 6.04 Å². The summed E-state index contributed by atoms with van der Waals surface area (Å²) in [5.41, 5.74) is 0. The van der Waals surface area contributed by atoms with Crippen molar-refractivity contribution in [2.45, 2.75) is 25.3 Å². The fraction of sp³-hybridized carbons (Fsp3) is 0.833. The highest BCUT2D eigenvalue weighted by atomic mass is 32.2. The highest BCUT2D eigenvalue weighted by molar-refractivity contribution is 7.99. The van der Waals surface area contributed by atoms with Gasteiger partial charge >= 0.3 is 0 Å². The molecule has 2 fully saturated rings. The summed E-state index contributed by atoms with van der Waals surface area (Å²) >= 11 is 1.98. The van der Waals surface area contributed by atoms with Gasteiger partial charge in [-0.1, -0.05) is 5.16 Å². The summed E-state index contributed by atoms with van der Waals surface area (Å²) < 4.78 is 5.44. The van der Waals surface area contributed by atoms with Gasteiger partial charge in [-0.15, -0.1) is 0 Å². The maximum Gasteiger partial charge on any atom is 0.230 e. The summed E-state index contributed by atoms with van der Waals surface area (Å²) in [5.74, 6) is 4.52. The molecule has 18 heavy (non-hydrogen) atoms. The van der Waals surface area contributed by atoms with Crippen LogP contribution in [0.15, 0.2) is 4.52 Å². The molecule has 2 saturated heterocycles. The molecule has 6 heteroatoms. The van der Waals surface area contributed by atoms with Crippen LogP contribution in [0.3, 0.4) is 0 Å². The van der Waals surface area contributed by atoms with E-state index in [9.17, 15) is 0 Å². The number of nitrogens with one attached hydrogen (secondary N) is 1. The summed E-state index contributed by atoms with van der Waals surface area (Å²) in [6.07, 6.45) is 1.17. The van der Waals surface area contributed by atoms with Crippen LogP contribution < -0.4 is 5.32 Å². The van der Waals surface area contributed by atoms with E-state index in [1.807, 2.05) is 11.8 Å². The van der Waals surface area contributed by atoms with E-state index < -0.39 is 0 Å². The number of hydrogen-bond acceptors (Lipinski definition) is 6. The fourth-order valence-electron chi connectivity index (χ4n) is 2.54. The van der Waals surface area contributed by atoms with Crippen molar-refractivity contribution in [2.24, 2.45) is 0 Å². The van der Waals surface area contributed by atoms with E-state index >= 15 is 0 Å². The van der Waals surface area contributed by atoms with Crippen LogP contribution >= 0.6 is 11.8 Å². The molecular formula is C12H20N4OS. The van der Waals surface area contributed by atoms with E-state index in [0.29, 0.717) is 5.92 Å². The topological polar surface area (TPSA) is 54.2 Å². The summed E-state index contributed by atoms with van der Waals surface area (Å²) in [6.45, 7) is 6.39. The SMILES string of the molecule is CC(c1noc(C2CCSC2)n1)N1CCNCC1. The van der Waals surface area contributed by atoms with Crippen LogP contribution in [0.5, 0.6) is 0 Å². The molecule has 1 aromatic heterocycles. The molecule has 0 amide bonds. The smallest absolute Gasteiger partial charge is 0.230 e. The second kappa shape index (κ2) is 5.59. The lowest BCUT2D eigenvalue weighted by atomic mass is 10.1. The summed E-state index contributed by atoms with van der Waals surface area (Å²) in [5, 5.41) is 7.54. The molecule has 3 heterocycles. The lowest BCUT2D eigenvalue weighted by Gasteiger charge is -2.30. The molecule has 2 unspecified atom stereocenters. The van der Waals surface area contributed by atoms with Crippen molar-refractivity contribution in [3.05, 3.63) is 11.7 Å². The predicted molar refractivity (Wildman–Crippen MR) is 71.8 cm³/mol. The summed E-state index contributed by atoms with van der Waals surface area (Å²) in [4.78, 5) is 7.03. The Bertz CT molecular complexity index is 385. The average molecular weight is 268 g/mol. The van der Waals surface area contributed by atoms with Crippen LogP contribution in [0.25, 0.3) is 0 Å². The lowest BCUT2D eigenvalue weighted by Crippen LogP contribution is -2.44. The molecule has 0 spiro atoms. The molecule has 3 rings (SSSR count). The second-order valence-electron chi connectivity index (χ2n) is 5.01. The number of aromatic nitrogens is 2. The summed E-state index contributed by atoms with van der Waals surface area (Å²) in [7, 11) is 0. The van der Waals surface area contributed by atoms with E-state index in [4.69, 9.17) is 4.52 Å². The fourth-order valence-corrected chi connectivity index (χ4v) is 3.76. The molecule has 1 N–H and O–H groups in total. The molecule has 2 aliphatic heterocycles. The third-order valence-corrected chi connectivity index (χ3v) is 4.97. The maximum absolute atomic E-state index is 5.44. The molecule has 0 radical (unpaired) electrons. The first-order chi connectivity index (χ1) is 8.84. The molecular weight excluding hydrogens is 248 g/mol. The zero-order valence-electron chi connectivity index (χ0n) is 10.8. The Morgan fingerprint density at radius 3 is 3.00 bits per heavy atom. The monoisotopic (exact) mass is 268 g/mol. The Morgan fingerprint density at radius 1 is 1.44 bits per heavy atom. The molecule has 5 nitrogen and oxygen atoms in total. The predicted octanol–water partition coefficient (Wildman–Crippen LogP) is 1.26. The quantitative estimate of drug-likeness (QED) is 0.890. The molecule has 100 valence electrons. The van der Waals surface area contributed by atoms with Crippen molar-refractivity contribution in [1.82, 2.24) is 20.4 Å². The standard InChI is InChI=1S/C12H20N4OS/c1-9(16-5-3-13-4-6-16)11-14-12(17-15-11)10-2-7-18-8-10/h9-10,13H,2-8H2,1H3. The van der Waals surface area contributed by atoms with Crippen molar-refractivity contribution < 1.29 is 4.52 Å². The van der Waals surface area contributed by atoms with Gasteiger partial charge in [-0.2, -0.15) is 16.7 Å². The van der Waals surface area contributed by atoms with Gasteiger partial charge in [-0.25, -0.2) is 0 Å². The highest BCUT2D eigenvalue weighted by Crippen LogP contribution is 2.32. The van der Waals surface area contributed by atoms with Gasteiger partial charge in [0.1, 0.15) is 0 Å². The van der Waals surface area contributed by atoms with Crippen LogP contribution in [-0.4, -0.2) is 52.7 Å². The Hall–Kier alpha value is -0.590. The molecule has 1 aromatic rings. The molecule has 0 bridgehead atoms. The Morgan fingerprint density at radius 2 is 2.28 bits per heavy atom. The number of hydrogen-bond donors (Lipinski definition) is 1. The van der Waals surface area contributed by atoms with Crippen molar-refractivity contribution in [1.29, 1.82) is 0 Å². The van der Waals surface area contributed by atoms with Gasteiger partial charge in [0.05, 0.1) is 6.04 Å². The van der Waals surface area contributed by atoms with E-state index in [0.717, 1.165) is 43.6 Å². The van der Waals surface area contributed by atoms with Crippen LogP contribution in [0.4, 0.5) is 0 Å². The first kappa shape index (κ1) is 12.4. The van der Waals surface area contributed by atoms with Gasteiger partial charge < -0.3 is 9.84 Å². The highest BCUT2D eigenvalue weighted by Gasteiger charge is 2.27. The minimum atomic E-state index is 0.263. The second-order valence-corrected chi connectivity index (χ2v) is 6.16. The zero-order valence-corrected chi connectivity index (χ0v) is 11.6. The van der Waals surface area contributed by atoms with Crippen molar-refractivity contribution in [2.75, 3.05) is 37.7 Å². The molecule has 2 atom stereocenters. The molecule has 0 saturated carbocycles. The van der Waals surface area contributed by atoms with Crippen molar-refractivity contribution in [3.8, 4) is 0 Å². The normalized spacial score (nSPS) is 27.5. The van der Waals surface area contributed by atoms with Crippen molar-refractivity contribution in [3.63, 3.8) is 0 Å². The minimum Gasteiger partial charge on any atom is -0.339 e.